The summed E-state index contributed by atoms with van der Waals surface area (Å²) in [7, 11) is 0. The third-order valence-corrected chi connectivity index (χ3v) is 8.26. The zero-order valence-corrected chi connectivity index (χ0v) is 30.2. The number of hydrogen-bond acceptors (Lipinski definition) is 4. The predicted octanol–water partition coefficient (Wildman–Crippen LogP) is 8.30. The Morgan fingerprint density at radius 2 is 0.878 bits per heavy atom. The van der Waals surface area contributed by atoms with Gasteiger partial charge in [0.15, 0.2) is 11.6 Å². The summed E-state index contributed by atoms with van der Waals surface area (Å²) >= 11 is 0. The first kappa shape index (κ1) is 35.5. The second-order valence-corrected chi connectivity index (χ2v) is 16.0. The van der Waals surface area contributed by atoms with Crippen molar-refractivity contribution in [2.24, 2.45) is 21.7 Å². The molecule has 0 bridgehead atoms. The number of Topliss-reactive ketones (excluding diaryl/α,β-unsaturated/α-hetero) is 2. The first-order chi connectivity index (χ1) is 18.2. The van der Waals surface area contributed by atoms with Gasteiger partial charge in [-0.3, -0.25) is 9.59 Å². The Labute approximate surface area is 269 Å². The molecular weight excluding hydrogens is 584 g/mol. The topological polar surface area (TPSA) is 58.2 Å². The van der Waals surface area contributed by atoms with E-state index in [1.807, 2.05) is 12.4 Å². The van der Waals surface area contributed by atoms with Crippen LogP contribution in [-0.4, -0.2) is 23.7 Å². The van der Waals surface area contributed by atoms with Crippen LogP contribution in [0.1, 0.15) is 109 Å². The molecule has 0 spiro atoms. The van der Waals surface area contributed by atoms with Crippen LogP contribution < -0.4 is 10.6 Å². The number of carbonyl (C=O) groups excluding carboxylic acids is 2. The molecule has 0 saturated heterocycles. The Bertz CT molecular complexity index is 1120. The molecule has 3 aliphatic rings. The standard InChI is InChI=1S/C36H54N2O2.Zr/c1-33(2,3)25-17-23(31(39)27(19-25)35(7,8)9)21-37-29-15-13-14-16-30(29)38-22-24-18-26(34(4,5)6)20-28(32(24)40)36(10,11)12;/h17-22,29-30,37-38H,13-16H2,1-12H3;/b23-21-,24-22-;/t29-,30-;/m0./s1. The van der Waals surface area contributed by atoms with Gasteiger partial charge in [0.2, 0.25) is 0 Å². The summed E-state index contributed by atoms with van der Waals surface area (Å²) in [6.45, 7) is 25.8. The Kier molecular flexibility index (Phi) is 11.1. The molecule has 3 aliphatic carbocycles. The summed E-state index contributed by atoms with van der Waals surface area (Å²) in [5.41, 5.74) is 4.95. The molecule has 0 aromatic heterocycles. The predicted molar refractivity (Wildman–Crippen MR) is 169 cm³/mol. The summed E-state index contributed by atoms with van der Waals surface area (Å²) in [6, 6.07) is 0.340. The Balaban J connectivity index is 0.00000588. The molecule has 0 aromatic rings. The first-order valence-corrected chi connectivity index (χ1v) is 15.1. The summed E-state index contributed by atoms with van der Waals surface area (Å²) < 4.78 is 0. The van der Waals surface area contributed by atoms with Gasteiger partial charge in [-0.15, -0.1) is 0 Å². The molecule has 4 nitrogen and oxygen atoms in total. The van der Waals surface area contributed by atoms with Crippen LogP contribution in [0.15, 0.2) is 70.1 Å². The van der Waals surface area contributed by atoms with Gasteiger partial charge in [0.1, 0.15) is 0 Å². The third-order valence-electron chi connectivity index (χ3n) is 8.26. The Morgan fingerprint density at radius 1 is 0.561 bits per heavy atom. The molecule has 5 heteroatoms. The van der Waals surface area contributed by atoms with Gasteiger partial charge in [-0.1, -0.05) is 108 Å². The monoisotopic (exact) mass is 636 g/mol. The summed E-state index contributed by atoms with van der Waals surface area (Å²) in [6.07, 6.45) is 16.5. The molecule has 0 aromatic carbocycles. The van der Waals surface area contributed by atoms with Gasteiger partial charge in [0, 0.05) is 73.0 Å². The van der Waals surface area contributed by atoms with Crippen LogP contribution in [-0.2, 0) is 35.8 Å². The summed E-state index contributed by atoms with van der Waals surface area (Å²) in [5, 5.41) is 7.25. The molecule has 0 heterocycles. The van der Waals surface area contributed by atoms with Crippen molar-refractivity contribution in [1.29, 1.82) is 0 Å². The third kappa shape index (κ3) is 8.88. The average molecular weight is 638 g/mol. The normalized spacial score (nSPS) is 24.8. The molecule has 0 aliphatic heterocycles. The summed E-state index contributed by atoms with van der Waals surface area (Å²) in [5.74, 6) is 0.203. The fraction of sp³-hybridized carbons (Fsp3) is 0.611. The van der Waals surface area contributed by atoms with Gasteiger partial charge >= 0.3 is 0 Å². The second kappa shape index (κ2) is 12.9. The molecule has 1 fully saturated rings. The van der Waals surface area contributed by atoms with Gasteiger partial charge in [-0.2, -0.15) is 0 Å². The smallest absolute Gasteiger partial charge is 0.191 e. The minimum atomic E-state index is -0.228. The molecule has 2 atom stereocenters. The maximum absolute atomic E-state index is 13.5. The van der Waals surface area contributed by atoms with Crippen LogP contribution >= 0.6 is 0 Å². The van der Waals surface area contributed by atoms with E-state index < -0.39 is 0 Å². The second-order valence-electron chi connectivity index (χ2n) is 16.0. The number of carbonyl (C=O) groups is 2. The van der Waals surface area contributed by atoms with Crippen LogP contribution in [0.25, 0.3) is 0 Å². The quantitative estimate of drug-likeness (QED) is 0.305. The van der Waals surface area contributed by atoms with Gasteiger partial charge in [-0.25, -0.2) is 0 Å². The largest absolute Gasteiger partial charge is 0.386 e. The molecule has 1 saturated carbocycles. The molecule has 2 N–H and O–H groups in total. The molecule has 224 valence electrons. The maximum atomic E-state index is 13.5. The fourth-order valence-electron chi connectivity index (χ4n) is 5.42. The Hall–Kier alpha value is -1.74. The zero-order chi connectivity index (χ0) is 30.3. The van der Waals surface area contributed by atoms with E-state index in [4.69, 9.17) is 0 Å². The van der Waals surface area contributed by atoms with Crippen molar-refractivity contribution in [3.63, 3.8) is 0 Å². The van der Waals surface area contributed by atoms with E-state index >= 15 is 0 Å². The van der Waals surface area contributed by atoms with Gasteiger partial charge in [0.05, 0.1) is 0 Å². The van der Waals surface area contributed by atoms with E-state index in [0.717, 1.165) is 48.0 Å². The van der Waals surface area contributed by atoms with E-state index in [-0.39, 0.29) is 71.5 Å². The van der Waals surface area contributed by atoms with Gasteiger partial charge < -0.3 is 10.6 Å². The minimum Gasteiger partial charge on any atom is -0.386 e. The van der Waals surface area contributed by atoms with Crippen LogP contribution in [0.5, 0.6) is 0 Å². The molecule has 41 heavy (non-hydrogen) atoms. The van der Waals surface area contributed by atoms with Crippen LogP contribution in [0.3, 0.4) is 0 Å². The fourth-order valence-corrected chi connectivity index (χ4v) is 5.42. The first-order valence-electron chi connectivity index (χ1n) is 15.1. The van der Waals surface area contributed by atoms with Crippen molar-refractivity contribution in [2.75, 3.05) is 0 Å². The van der Waals surface area contributed by atoms with Crippen molar-refractivity contribution in [2.45, 2.75) is 121 Å². The van der Waals surface area contributed by atoms with E-state index in [9.17, 15) is 9.59 Å². The summed E-state index contributed by atoms with van der Waals surface area (Å²) in [4.78, 5) is 27.0. The molecular formula is C36H54N2O2Zr. The SMILES string of the molecule is CC(C)(C)C1=C/C(=C/N[C@H]2CCCC[C@@H]2N/C=C2/C=C(C(C)(C)C)C=C(C(C)(C)C)C2=O)C(=O)C(C(C)(C)C)=C1.[Zr]. The molecule has 0 radical (unpaired) electrons. The van der Waals surface area contributed by atoms with E-state index in [1.54, 1.807) is 0 Å². The van der Waals surface area contributed by atoms with Crippen molar-refractivity contribution >= 4 is 11.6 Å². The van der Waals surface area contributed by atoms with Crippen molar-refractivity contribution in [3.05, 3.63) is 70.1 Å². The average Bonchev–Trinajstić information content (AvgIpc) is 2.80. The van der Waals surface area contributed by atoms with Gasteiger partial charge in [0.25, 0.3) is 0 Å². The van der Waals surface area contributed by atoms with Crippen LogP contribution in [0.4, 0.5) is 0 Å². The van der Waals surface area contributed by atoms with E-state index in [1.165, 1.54) is 11.1 Å². The maximum Gasteiger partial charge on any atom is 0.191 e. The van der Waals surface area contributed by atoms with Crippen molar-refractivity contribution < 1.29 is 35.8 Å². The van der Waals surface area contributed by atoms with Crippen LogP contribution in [0, 0.1) is 21.7 Å². The van der Waals surface area contributed by atoms with E-state index in [0.29, 0.717) is 0 Å². The number of hydrogen-bond donors (Lipinski definition) is 2. The number of nitrogens with one attached hydrogen (secondary N) is 2. The molecule has 0 unspecified atom stereocenters. The molecule has 0 amide bonds. The van der Waals surface area contributed by atoms with Crippen LogP contribution in [0.2, 0.25) is 0 Å². The zero-order valence-electron chi connectivity index (χ0n) is 27.8. The minimum absolute atomic E-state index is 0. The number of ketones is 2. The number of allylic oxidation sites excluding steroid dienone is 10. The Morgan fingerprint density at radius 3 is 1.15 bits per heavy atom. The van der Waals surface area contributed by atoms with E-state index in [2.05, 4.69) is 118 Å². The van der Waals surface area contributed by atoms with Gasteiger partial charge in [-0.05, 0) is 57.8 Å². The van der Waals surface area contributed by atoms with Crippen molar-refractivity contribution in [1.82, 2.24) is 10.6 Å². The number of rotatable bonds is 4. The molecule has 3 rings (SSSR count). The van der Waals surface area contributed by atoms with Crippen molar-refractivity contribution in [3.8, 4) is 0 Å².